The molecule has 0 N–H and O–H groups in total. The number of para-hydroxylation sites is 1. The highest BCUT2D eigenvalue weighted by Crippen LogP contribution is 2.35. The molecule has 0 atom stereocenters. The first-order chi connectivity index (χ1) is 16.8. The van der Waals surface area contributed by atoms with Gasteiger partial charge in [0.15, 0.2) is 5.13 Å². The molecule has 12 heteroatoms. The summed E-state index contributed by atoms with van der Waals surface area (Å²) in [6.07, 6.45) is 4.08. The lowest BCUT2D eigenvalue weighted by atomic mass is 9.96. The fourth-order valence-corrected chi connectivity index (χ4v) is 8.15. The molecule has 1 fully saturated rings. The third-order valence-corrected chi connectivity index (χ3v) is 10.5. The minimum atomic E-state index is -3.65. The molecule has 0 saturated carbocycles. The van der Waals surface area contributed by atoms with Crippen molar-refractivity contribution in [3.05, 3.63) is 70.6 Å². The number of nitrogens with zero attached hydrogens (tertiary/aromatic N) is 4. The van der Waals surface area contributed by atoms with Gasteiger partial charge in [-0.2, -0.15) is 4.31 Å². The summed E-state index contributed by atoms with van der Waals surface area (Å²) in [6, 6.07) is 11.4. The van der Waals surface area contributed by atoms with Crippen LogP contribution >= 0.6 is 34.3 Å². The van der Waals surface area contributed by atoms with Gasteiger partial charge < -0.3 is 0 Å². The number of sulfonamides is 1. The van der Waals surface area contributed by atoms with E-state index in [1.807, 2.05) is 6.07 Å². The maximum absolute atomic E-state index is 14.3. The van der Waals surface area contributed by atoms with Gasteiger partial charge in [-0.25, -0.2) is 17.8 Å². The third-order valence-electron chi connectivity index (χ3n) is 5.86. The number of aromatic nitrogens is 2. The molecule has 0 spiro atoms. The van der Waals surface area contributed by atoms with Crippen LogP contribution in [-0.4, -0.2) is 41.7 Å². The Labute approximate surface area is 214 Å². The number of rotatable bonds is 6. The first-order valence-electron chi connectivity index (χ1n) is 10.8. The van der Waals surface area contributed by atoms with Gasteiger partial charge >= 0.3 is 0 Å². The van der Waals surface area contributed by atoms with E-state index in [1.165, 1.54) is 27.8 Å². The summed E-state index contributed by atoms with van der Waals surface area (Å²) in [5, 5.41) is 0.405. The fourth-order valence-electron chi connectivity index (χ4n) is 4.06. The standard InChI is InChI=1S/C23H20ClFN4O3S3/c24-19-6-7-20(34-19)35(31,32)28-11-8-16(9-12-28)22(30)29(14-15-3-2-10-26-13-15)23-27-21-17(25)4-1-5-18(21)33-23/h1-7,10,13,16H,8-9,11-12,14H2. The molecular weight excluding hydrogens is 531 g/mol. The molecule has 3 aromatic heterocycles. The zero-order valence-corrected chi connectivity index (χ0v) is 21.5. The van der Waals surface area contributed by atoms with Crippen LogP contribution in [-0.2, 0) is 21.4 Å². The average Bonchev–Trinajstić information content (AvgIpc) is 3.50. The maximum Gasteiger partial charge on any atom is 0.252 e. The molecule has 1 aliphatic rings. The molecule has 35 heavy (non-hydrogen) atoms. The van der Waals surface area contributed by atoms with Crippen LogP contribution in [0.15, 0.2) is 59.1 Å². The van der Waals surface area contributed by atoms with E-state index >= 15 is 0 Å². The van der Waals surface area contributed by atoms with Gasteiger partial charge in [-0.15, -0.1) is 11.3 Å². The van der Waals surface area contributed by atoms with Crippen LogP contribution in [0, 0.1) is 11.7 Å². The Kier molecular flexibility index (Phi) is 6.86. The highest BCUT2D eigenvalue weighted by atomic mass is 35.5. The van der Waals surface area contributed by atoms with Crippen molar-refractivity contribution < 1.29 is 17.6 Å². The molecule has 0 radical (unpaired) electrons. The number of hydrogen-bond donors (Lipinski definition) is 0. The molecule has 182 valence electrons. The summed E-state index contributed by atoms with van der Waals surface area (Å²) < 4.78 is 42.8. The zero-order valence-electron chi connectivity index (χ0n) is 18.3. The van der Waals surface area contributed by atoms with Gasteiger partial charge in [0.1, 0.15) is 15.5 Å². The van der Waals surface area contributed by atoms with Crippen molar-refractivity contribution >= 4 is 65.6 Å². The monoisotopic (exact) mass is 550 g/mol. The number of anilines is 1. The largest absolute Gasteiger partial charge is 0.283 e. The summed E-state index contributed by atoms with van der Waals surface area (Å²) >= 11 is 8.19. The minimum Gasteiger partial charge on any atom is -0.283 e. The number of benzene rings is 1. The normalized spacial score (nSPS) is 15.5. The van der Waals surface area contributed by atoms with Crippen molar-refractivity contribution in [3.63, 3.8) is 0 Å². The van der Waals surface area contributed by atoms with Crippen LogP contribution < -0.4 is 4.90 Å². The predicted molar refractivity (Wildman–Crippen MR) is 136 cm³/mol. The van der Waals surface area contributed by atoms with Crippen molar-refractivity contribution in [3.8, 4) is 0 Å². The lowest BCUT2D eigenvalue weighted by molar-refractivity contribution is -0.123. The molecule has 1 amide bonds. The topological polar surface area (TPSA) is 83.5 Å². The molecule has 7 nitrogen and oxygen atoms in total. The van der Waals surface area contributed by atoms with E-state index in [4.69, 9.17) is 11.6 Å². The summed E-state index contributed by atoms with van der Waals surface area (Å²) in [6.45, 7) is 0.688. The van der Waals surface area contributed by atoms with E-state index in [0.717, 1.165) is 16.9 Å². The number of hydrogen-bond acceptors (Lipinski definition) is 7. The Bertz CT molecular complexity index is 1470. The number of carbonyl (C=O) groups excluding carboxylic acids is 1. The predicted octanol–water partition coefficient (Wildman–Crippen LogP) is 5.18. The SMILES string of the molecule is O=C(C1CCN(S(=O)(=O)c2ccc(Cl)s2)CC1)N(Cc1cccnc1)c1nc2c(F)cccc2s1. The van der Waals surface area contributed by atoms with Crippen molar-refractivity contribution in [1.29, 1.82) is 0 Å². The summed E-state index contributed by atoms with van der Waals surface area (Å²) in [5.41, 5.74) is 1.04. The lowest BCUT2D eigenvalue weighted by Crippen LogP contribution is -2.44. The van der Waals surface area contributed by atoms with E-state index < -0.39 is 15.8 Å². The highest BCUT2D eigenvalue weighted by Gasteiger charge is 2.35. The minimum absolute atomic E-state index is 0.162. The van der Waals surface area contributed by atoms with Gasteiger partial charge in [0, 0.05) is 31.4 Å². The van der Waals surface area contributed by atoms with Crippen LogP contribution in [0.1, 0.15) is 18.4 Å². The van der Waals surface area contributed by atoms with Gasteiger partial charge in [0.2, 0.25) is 5.91 Å². The molecule has 4 aromatic rings. The molecule has 4 heterocycles. The molecule has 1 aliphatic heterocycles. The Morgan fingerprint density at radius 2 is 1.94 bits per heavy atom. The van der Waals surface area contributed by atoms with Crippen molar-refractivity contribution in [1.82, 2.24) is 14.3 Å². The first kappa shape index (κ1) is 24.3. The van der Waals surface area contributed by atoms with Gasteiger partial charge in [-0.05, 0) is 48.7 Å². The van der Waals surface area contributed by atoms with E-state index in [-0.39, 0.29) is 41.2 Å². The van der Waals surface area contributed by atoms with Crippen LogP contribution in [0.25, 0.3) is 10.2 Å². The highest BCUT2D eigenvalue weighted by molar-refractivity contribution is 7.91. The number of thiophene rings is 1. The van der Waals surface area contributed by atoms with Crippen LogP contribution in [0.3, 0.4) is 0 Å². The quantitative estimate of drug-likeness (QED) is 0.330. The molecule has 0 bridgehead atoms. The number of halogens is 2. The van der Waals surface area contributed by atoms with Gasteiger partial charge in [0.05, 0.1) is 15.6 Å². The van der Waals surface area contributed by atoms with E-state index in [9.17, 15) is 17.6 Å². The summed E-state index contributed by atoms with van der Waals surface area (Å²) in [7, 11) is -3.65. The van der Waals surface area contributed by atoms with Gasteiger partial charge in [-0.3, -0.25) is 14.7 Å². The van der Waals surface area contributed by atoms with Crippen LogP contribution in [0.4, 0.5) is 9.52 Å². The summed E-state index contributed by atoms with van der Waals surface area (Å²) in [5.74, 6) is -0.989. The number of fused-ring (bicyclic) bond motifs is 1. The van der Waals surface area contributed by atoms with E-state index in [1.54, 1.807) is 41.6 Å². The molecule has 0 unspecified atom stereocenters. The second-order valence-corrected chi connectivity index (χ2v) is 13.0. The first-order valence-corrected chi connectivity index (χ1v) is 14.3. The number of thiazole rings is 1. The summed E-state index contributed by atoms with van der Waals surface area (Å²) in [4.78, 5) is 23.8. The van der Waals surface area contributed by atoms with Crippen molar-refractivity contribution in [2.45, 2.75) is 23.6 Å². The van der Waals surface area contributed by atoms with Crippen molar-refractivity contribution in [2.24, 2.45) is 5.92 Å². The third kappa shape index (κ3) is 4.96. The number of carbonyl (C=O) groups is 1. The van der Waals surface area contributed by atoms with E-state index in [2.05, 4.69) is 9.97 Å². The van der Waals surface area contributed by atoms with Gasteiger partial charge in [-0.1, -0.05) is 35.1 Å². The Morgan fingerprint density at radius 3 is 2.60 bits per heavy atom. The average molecular weight is 551 g/mol. The lowest BCUT2D eigenvalue weighted by Gasteiger charge is -2.32. The second kappa shape index (κ2) is 9.90. The van der Waals surface area contributed by atoms with Crippen LogP contribution in [0.2, 0.25) is 4.34 Å². The van der Waals surface area contributed by atoms with Gasteiger partial charge in [0.25, 0.3) is 10.0 Å². The second-order valence-electron chi connectivity index (χ2n) is 8.11. The number of amides is 1. The fraction of sp³-hybridized carbons (Fsp3) is 0.261. The smallest absolute Gasteiger partial charge is 0.252 e. The molecule has 0 aliphatic carbocycles. The Morgan fingerprint density at radius 1 is 1.14 bits per heavy atom. The Hall–Kier alpha value is -2.44. The number of pyridine rings is 1. The molecular formula is C23H20ClFN4O3S3. The molecule has 1 saturated heterocycles. The zero-order chi connectivity index (χ0) is 24.6. The molecule has 5 rings (SSSR count). The Balaban J connectivity index is 1.38. The van der Waals surface area contributed by atoms with Crippen molar-refractivity contribution in [2.75, 3.05) is 18.0 Å². The molecule has 1 aromatic carbocycles. The maximum atomic E-state index is 14.3. The van der Waals surface area contributed by atoms with E-state index in [0.29, 0.717) is 27.0 Å². The van der Waals surface area contributed by atoms with Crippen LogP contribution in [0.5, 0.6) is 0 Å². The number of piperidine rings is 1.